The van der Waals surface area contributed by atoms with E-state index in [9.17, 15) is 0 Å². The van der Waals surface area contributed by atoms with Gasteiger partial charge in [0.05, 0.1) is 0 Å². The molecule has 0 radical (unpaired) electrons. The Morgan fingerprint density at radius 2 is 1.24 bits per heavy atom. The first-order valence-electron chi connectivity index (χ1n) is 6.94. The van der Waals surface area contributed by atoms with Crippen molar-refractivity contribution in [2.75, 3.05) is 0 Å². The molecule has 0 aliphatic carbocycles. The van der Waals surface area contributed by atoms with Gasteiger partial charge in [0.25, 0.3) is 0 Å². The van der Waals surface area contributed by atoms with Crippen LogP contribution in [0.1, 0.15) is 0 Å². The zero-order chi connectivity index (χ0) is 15.0. The van der Waals surface area contributed by atoms with Crippen LogP contribution in [-0.4, -0.2) is 8.07 Å². The molecular formula is C18H16Br2Si. The lowest BCUT2D eigenvalue weighted by atomic mass is 10.1. The molecule has 0 saturated heterocycles. The molecule has 0 saturated carbocycles. The zero-order valence-electron chi connectivity index (χ0n) is 11.7. The van der Waals surface area contributed by atoms with Gasteiger partial charge in [0.2, 0.25) is 0 Å². The molecule has 0 amide bonds. The first kappa shape index (κ1) is 15.0. The fourth-order valence-electron chi connectivity index (χ4n) is 3.46. The van der Waals surface area contributed by atoms with Gasteiger partial charge in [0, 0.05) is 8.95 Å². The summed E-state index contributed by atoms with van der Waals surface area (Å²) < 4.78 is 2.30. The molecule has 1 aliphatic rings. The van der Waals surface area contributed by atoms with Crippen LogP contribution < -0.4 is 10.4 Å². The van der Waals surface area contributed by atoms with Crippen molar-refractivity contribution in [2.45, 2.75) is 12.1 Å². The van der Waals surface area contributed by atoms with E-state index in [0.29, 0.717) is 0 Å². The van der Waals surface area contributed by atoms with E-state index < -0.39 is 8.07 Å². The molecule has 106 valence electrons. The molecule has 0 N–H and O–H groups in total. The Balaban J connectivity index is 2.37. The summed E-state index contributed by atoms with van der Waals surface area (Å²) in [6.07, 6.45) is 4.16. The van der Waals surface area contributed by atoms with Gasteiger partial charge in [-0.05, 0) is 57.9 Å². The van der Waals surface area contributed by atoms with Crippen LogP contribution in [0.3, 0.4) is 0 Å². The second-order valence-electron chi connectivity index (χ2n) is 5.45. The third-order valence-corrected chi connectivity index (χ3v) is 10.1. The number of allylic oxidation sites excluding steroid dienone is 2. The Bertz CT molecular complexity index is 670. The van der Waals surface area contributed by atoms with Crippen LogP contribution in [0, 0.1) is 0 Å². The van der Waals surface area contributed by atoms with Crippen LogP contribution in [0.25, 0.3) is 11.1 Å². The third kappa shape index (κ3) is 2.32. The van der Waals surface area contributed by atoms with Gasteiger partial charge in [-0.2, -0.15) is 0 Å². The molecule has 0 unspecified atom stereocenters. The summed E-state index contributed by atoms with van der Waals surface area (Å²) in [6.45, 7) is 8.04. The molecule has 3 heteroatoms. The lowest BCUT2D eigenvalue weighted by Gasteiger charge is -2.27. The first-order chi connectivity index (χ1) is 10.1. The highest BCUT2D eigenvalue weighted by Crippen LogP contribution is 2.35. The summed E-state index contributed by atoms with van der Waals surface area (Å²) in [5.74, 6) is 0. The molecule has 0 spiro atoms. The molecule has 0 aromatic heterocycles. The summed E-state index contributed by atoms with van der Waals surface area (Å²) in [5, 5.41) is 3.01. The van der Waals surface area contributed by atoms with E-state index in [1.165, 1.54) is 21.5 Å². The van der Waals surface area contributed by atoms with Gasteiger partial charge in [0.15, 0.2) is 0 Å². The average molecular weight is 420 g/mol. The zero-order valence-corrected chi connectivity index (χ0v) is 15.9. The van der Waals surface area contributed by atoms with Crippen LogP contribution in [-0.2, 0) is 0 Å². The molecule has 0 bridgehead atoms. The van der Waals surface area contributed by atoms with Crippen molar-refractivity contribution in [1.29, 1.82) is 0 Å². The molecule has 0 atom stereocenters. The van der Waals surface area contributed by atoms with E-state index in [-0.39, 0.29) is 0 Å². The van der Waals surface area contributed by atoms with Gasteiger partial charge in [-0.3, -0.25) is 0 Å². The highest BCUT2D eigenvalue weighted by atomic mass is 79.9. The quantitative estimate of drug-likeness (QED) is 0.476. The Kier molecular flexibility index (Phi) is 4.08. The van der Waals surface area contributed by atoms with Crippen LogP contribution in [0.15, 0.2) is 70.7 Å². The second kappa shape index (κ2) is 5.71. The van der Waals surface area contributed by atoms with E-state index in [1.807, 2.05) is 0 Å². The van der Waals surface area contributed by atoms with Crippen LogP contribution >= 0.6 is 31.9 Å². The largest absolute Gasteiger partial charge is 0.127 e. The highest BCUT2D eigenvalue weighted by Gasteiger charge is 2.43. The summed E-state index contributed by atoms with van der Waals surface area (Å²) in [5.41, 5.74) is 2.77. The lowest BCUT2D eigenvalue weighted by molar-refractivity contribution is 1.49. The van der Waals surface area contributed by atoms with Gasteiger partial charge in [-0.25, -0.2) is 0 Å². The molecular weight excluding hydrogens is 404 g/mol. The molecule has 0 fully saturated rings. The monoisotopic (exact) mass is 418 g/mol. The number of rotatable bonds is 4. The minimum atomic E-state index is -1.83. The molecule has 1 aliphatic heterocycles. The Morgan fingerprint density at radius 3 is 1.62 bits per heavy atom. The minimum absolute atomic E-state index is 1.05. The van der Waals surface area contributed by atoms with Gasteiger partial charge < -0.3 is 0 Å². The predicted octanol–water partition coefficient (Wildman–Crippen LogP) is 5.13. The van der Waals surface area contributed by atoms with E-state index in [0.717, 1.165) is 21.0 Å². The van der Waals surface area contributed by atoms with Gasteiger partial charge in [-0.1, -0.05) is 56.1 Å². The Morgan fingerprint density at radius 1 is 0.810 bits per heavy atom. The van der Waals surface area contributed by atoms with Crippen molar-refractivity contribution in [1.82, 2.24) is 0 Å². The van der Waals surface area contributed by atoms with Gasteiger partial charge in [0.1, 0.15) is 8.07 Å². The van der Waals surface area contributed by atoms with E-state index in [2.05, 4.69) is 93.6 Å². The summed E-state index contributed by atoms with van der Waals surface area (Å²) in [4.78, 5) is 0. The number of benzene rings is 2. The van der Waals surface area contributed by atoms with E-state index >= 15 is 0 Å². The first-order valence-corrected chi connectivity index (χ1v) is 10.9. The maximum atomic E-state index is 4.02. The van der Waals surface area contributed by atoms with Crippen molar-refractivity contribution in [3.8, 4) is 11.1 Å². The summed E-state index contributed by atoms with van der Waals surface area (Å²) >= 11 is 7.28. The van der Waals surface area contributed by atoms with Crippen LogP contribution in [0.5, 0.6) is 0 Å². The maximum absolute atomic E-state index is 4.02. The number of hydrogen-bond donors (Lipinski definition) is 0. The average Bonchev–Trinajstić information content (AvgIpc) is 2.70. The molecule has 3 rings (SSSR count). The topological polar surface area (TPSA) is 0 Å². The van der Waals surface area contributed by atoms with Crippen molar-refractivity contribution < 1.29 is 0 Å². The highest BCUT2D eigenvalue weighted by molar-refractivity contribution is 9.10. The number of hydrogen-bond acceptors (Lipinski definition) is 0. The van der Waals surface area contributed by atoms with Crippen LogP contribution in [0.4, 0.5) is 0 Å². The molecule has 2 aromatic carbocycles. The van der Waals surface area contributed by atoms with Crippen molar-refractivity contribution in [2.24, 2.45) is 0 Å². The lowest BCUT2D eigenvalue weighted by Crippen LogP contribution is -2.54. The fourth-order valence-corrected chi connectivity index (χ4v) is 9.25. The second-order valence-corrected chi connectivity index (χ2v) is 11.3. The van der Waals surface area contributed by atoms with Gasteiger partial charge >= 0.3 is 0 Å². The molecule has 0 nitrogen and oxygen atoms in total. The Hall–Kier alpha value is -0.903. The minimum Gasteiger partial charge on any atom is -0.103 e. The fraction of sp³-hybridized carbons (Fsp3) is 0.111. The third-order valence-electron chi connectivity index (χ3n) is 4.27. The summed E-state index contributed by atoms with van der Waals surface area (Å²) in [7, 11) is -1.83. The molecule has 21 heavy (non-hydrogen) atoms. The molecule has 2 aromatic rings. The predicted molar refractivity (Wildman–Crippen MR) is 102 cm³/mol. The number of halogens is 2. The Labute approximate surface area is 143 Å². The summed E-state index contributed by atoms with van der Waals surface area (Å²) in [6, 6.07) is 15.5. The molecule has 1 heterocycles. The number of fused-ring (bicyclic) bond motifs is 3. The van der Waals surface area contributed by atoms with Gasteiger partial charge in [-0.15, -0.1) is 13.2 Å². The smallest absolute Gasteiger partial charge is 0.103 e. The maximum Gasteiger partial charge on any atom is 0.127 e. The van der Waals surface area contributed by atoms with Crippen molar-refractivity contribution in [3.63, 3.8) is 0 Å². The van der Waals surface area contributed by atoms with Crippen molar-refractivity contribution >= 4 is 50.3 Å². The van der Waals surface area contributed by atoms with Crippen molar-refractivity contribution in [3.05, 3.63) is 70.7 Å². The SMILES string of the molecule is C=CC[Si]1(CC=C)c2cc(Br)ccc2-c2ccc(Br)cc21. The van der Waals surface area contributed by atoms with Crippen LogP contribution in [0.2, 0.25) is 12.1 Å². The standard InChI is InChI=1S/C18H16Br2Si/c1-3-9-21(10-4-2)17-11-13(19)5-7-15(17)16-8-6-14(20)12-18(16)21/h3-8,11-12H,1-2,9-10H2. The normalized spacial score (nSPS) is 14.4. The van der Waals surface area contributed by atoms with E-state index in [4.69, 9.17) is 0 Å². The van der Waals surface area contributed by atoms with E-state index in [1.54, 1.807) is 0 Å².